The molecule has 0 amide bonds. The number of nitrogens with zero attached hydrogens (tertiary/aromatic N) is 1. The first kappa shape index (κ1) is 16.1. The molecule has 0 heterocycles. The predicted molar refractivity (Wildman–Crippen MR) is 78.5 cm³/mol. The fourth-order valence-electron chi connectivity index (χ4n) is 1.98. The second kappa shape index (κ2) is 7.62. The first-order chi connectivity index (χ1) is 9.06. The fraction of sp³-hybridized carbons (Fsp3) is 0.571. The van der Waals surface area contributed by atoms with Crippen LogP contribution in [0, 0.1) is 0 Å². The van der Waals surface area contributed by atoms with Crippen LogP contribution < -0.4 is 5.73 Å². The van der Waals surface area contributed by atoms with E-state index < -0.39 is 10.0 Å². The van der Waals surface area contributed by atoms with Crippen LogP contribution in [0.1, 0.15) is 32.3 Å². The Labute approximate surface area is 116 Å². The van der Waals surface area contributed by atoms with Crippen LogP contribution in [0.5, 0.6) is 0 Å². The van der Waals surface area contributed by atoms with Crippen molar-refractivity contribution in [3.8, 4) is 0 Å². The summed E-state index contributed by atoms with van der Waals surface area (Å²) >= 11 is 0. The third kappa shape index (κ3) is 4.30. The van der Waals surface area contributed by atoms with E-state index in [1.807, 2.05) is 26.0 Å². The first-order valence-corrected chi connectivity index (χ1v) is 8.29. The standard InChI is InChI=1S/C14H24N2O2S/c1-3-12-16(4-2)19(17,18)14-9-7-13(8-10-14)6-5-11-15/h7-10H,3-6,11-12,15H2,1-2H3. The quantitative estimate of drug-likeness (QED) is 0.794. The molecule has 4 nitrogen and oxygen atoms in total. The molecule has 0 saturated carbocycles. The van der Waals surface area contributed by atoms with Crippen LogP contribution in [0.15, 0.2) is 29.2 Å². The maximum absolute atomic E-state index is 12.4. The van der Waals surface area contributed by atoms with Gasteiger partial charge in [-0.2, -0.15) is 4.31 Å². The maximum Gasteiger partial charge on any atom is 0.243 e. The molecule has 0 atom stereocenters. The van der Waals surface area contributed by atoms with Crippen molar-refractivity contribution in [1.29, 1.82) is 0 Å². The Morgan fingerprint density at radius 1 is 1.16 bits per heavy atom. The molecule has 108 valence electrons. The summed E-state index contributed by atoms with van der Waals surface area (Å²) in [5.41, 5.74) is 6.59. The van der Waals surface area contributed by atoms with Crippen molar-refractivity contribution in [2.45, 2.75) is 38.0 Å². The highest BCUT2D eigenvalue weighted by Crippen LogP contribution is 2.17. The molecular formula is C14H24N2O2S. The predicted octanol–water partition coefficient (Wildman–Crippen LogP) is 2.00. The number of nitrogens with two attached hydrogens (primary N) is 1. The van der Waals surface area contributed by atoms with E-state index >= 15 is 0 Å². The molecule has 1 rings (SSSR count). The van der Waals surface area contributed by atoms with Crippen LogP contribution in [0.3, 0.4) is 0 Å². The molecule has 0 aliphatic heterocycles. The van der Waals surface area contributed by atoms with Gasteiger partial charge in [0.25, 0.3) is 0 Å². The minimum Gasteiger partial charge on any atom is -0.330 e. The number of hydrogen-bond donors (Lipinski definition) is 1. The third-order valence-electron chi connectivity index (χ3n) is 3.06. The Bertz CT molecular complexity index is 469. The van der Waals surface area contributed by atoms with Crippen LogP contribution in [-0.4, -0.2) is 32.4 Å². The number of aryl methyl sites for hydroxylation is 1. The topological polar surface area (TPSA) is 63.4 Å². The molecule has 0 saturated heterocycles. The lowest BCUT2D eigenvalue weighted by Crippen LogP contribution is -2.31. The van der Waals surface area contributed by atoms with Gasteiger partial charge in [0.05, 0.1) is 4.90 Å². The van der Waals surface area contributed by atoms with Crippen LogP contribution in [0.2, 0.25) is 0 Å². The van der Waals surface area contributed by atoms with Crippen LogP contribution >= 0.6 is 0 Å². The summed E-state index contributed by atoms with van der Waals surface area (Å²) in [6.07, 6.45) is 2.63. The number of benzene rings is 1. The summed E-state index contributed by atoms with van der Waals surface area (Å²) in [6, 6.07) is 7.14. The van der Waals surface area contributed by atoms with Crippen molar-refractivity contribution < 1.29 is 8.42 Å². The molecule has 2 N–H and O–H groups in total. The van der Waals surface area contributed by atoms with Crippen molar-refractivity contribution in [2.75, 3.05) is 19.6 Å². The fourth-order valence-corrected chi connectivity index (χ4v) is 3.52. The Kier molecular flexibility index (Phi) is 6.48. The van der Waals surface area contributed by atoms with E-state index in [4.69, 9.17) is 5.73 Å². The Hall–Kier alpha value is -0.910. The van der Waals surface area contributed by atoms with Gasteiger partial charge in [0.2, 0.25) is 10.0 Å². The highest BCUT2D eigenvalue weighted by molar-refractivity contribution is 7.89. The normalized spacial score (nSPS) is 12.0. The van der Waals surface area contributed by atoms with E-state index in [2.05, 4.69) is 0 Å². The summed E-state index contributed by atoms with van der Waals surface area (Å²) in [5, 5.41) is 0. The van der Waals surface area contributed by atoms with E-state index in [9.17, 15) is 8.42 Å². The molecule has 5 heteroatoms. The van der Waals surface area contributed by atoms with Gasteiger partial charge in [0, 0.05) is 13.1 Å². The Morgan fingerprint density at radius 2 is 1.79 bits per heavy atom. The Balaban J connectivity index is 2.89. The summed E-state index contributed by atoms with van der Waals surface area (Å²) in [5.74, 6) is 0. The van der Waals surface area contributed by atoms with Gasteiger partial charge >= 0.3 is 0 Å². The van der Waals surface area contributed by atoms with Gasteiger partial charge in [-0.25, -0.2) is 8.42 Å². The Morgan fingerprint density at radius 3 is 2.26 bits per heavy atom. The van der Waals surface area contributed by atoms with Gasteiger partial charge in [-0.15, -0.1) is 0 Å². The molecule has 1 aromatic carbocycles. The highest BCUT2D eigenvalue weighted by atomic mass is 32.2. The summed E-state index contributed by atoms with van der Waals surface area (Å²) in [6.45, 7) is 5.57. The molecule has 0 unspecified atom stereocenters. The summed E-state index contributed by atoms with van der Waals surface area (Å²) < 4.78 is 26.3. The van der Waals surface area contributed by atoms with Crippen molar-refractivity contribution in [1.82, 2.24) is 4.31 Å². The SMILES string of the molecule is CCCN(CC)S(=O)(=O)c1ccc(CCCN)cc1. The average Bonchev–Trinajstić information content (AvgIpc) is 2.42. The largest absolute Gasteiger partial charge is 0.330 e. The smallest absolute Gasteiger partial charge is 0.243 e. The molecule has 19 heavy (non-hydrogen) atoms. The second-order valence-electron chi connectivity index (χ2n) is 4.53. The van der Waals surface area contributed by atoms with Crippen LogP contribution in [0.4, 0.5) is 0 Å². The lowest BCUT2D eigenvalue weighted by molar-refractivity contribution is 0.427. The van der Waals surface area contributed by atoms with Crippen LogP contribution in [0.25, 0.3) is 0 Å². The molecule has 0 spiro atoms. The maximum atomic E-state index is 12.4. The zero-order chi connectivity index (χ0) is 14.3. The highest BCUT2D eigenvalue weighted by Gasteiger charge is 2.21. The zero-order valence-electron chi connectivity index (χ0n) is 11.8. The lowest BCUT2D eigenvalue weighted by Gasteiger charge is -2.19. The van der Waals surface area contributed by atoms with Gasteiger partial charge < -0.3 is 5.73 Å². The molecule has 0 aliphatic carbocycles. The van der Waals surface area contributed by atoms with Crippen molar-refractivity contribution in [3.63, 3.8) is 0 Å². The molecule has 0 fully saturated rings. The first-order valence-electron chi connectivity index (χ1n) is 6.85. The summed E-state index contributed by atoms with van der Waals surface area (Å²) in [4.78, 5) is 0.374. The van der Waals surface area contributed by atoms with E-state index in [0.717, 1.165) is 24.8 Å². The van der Waals surface area contributed by atoms with Gasteiger partial charge in [-0.1, -0.05) is 26.0 Å². The van der Waals surface area contributed by atoms with Gasteiger partial charge in [-0.3, -0.25) is 0 Å². The van der Waals surface area contributed by atoms with Gasteiger partial charge in [0.15, 0.2) is 0 Å². The lowest BCUT2D eigenvalue weighted by atomic mass is 10.1. The van der Waals surface area contributed by atoms with E-state index in [1.165, 1.54) is 4.31 Å². The molecule has 1 aromatic rings. The van der Waals surface area contributed by atoms with Crippen molar-refractivity contribution in [2.24, 2.45) is 5.73 Å². The molecule has 0 aliphatic rings. The minimum atomic E-state index is -3.34. The molecule has 0 aromatic heterocycles. The van der Waals surface area contributed by atoms with Crippen LogP contribution in [-0.2, 0) is 16.4 Å². The number of sulfonamides is 1. The molecule has 0 radical (unpaired) electrons. The van der Waals surface area contributed by atoms with E-state index in [1.54, 1.807) is 12.1 Å². The van der Waals surface area contributed by atoms with E-state index in [-0.39, 0.29) is 0 Å². The van der Waals surface area contributed by atoms with Crippen molar-refractivity contribution in [3.05, 3.63) is 29.8 Å². The summed E-state index contributed by atoms with van der Waals surface area (Å²) in [7, 11) is -3.34. The monoisotopic (exact) mass is 284 g/mol. The van der Waals surface area contributed by atoms with Gasteiger partial charge in [0.1, 0.15) is 0 Å². The average molecular weight is 284 g/mol. The second-order valence-corrected chi connectivity index (χ2v) is 6.47. The van der Waals surface area contributed by atoms with Crippen molar-refractivity contribution >= 4 is 10.0 Å². The molecular weight excluding hydrogens is 260 g/mol. The van der Waals surface area contributed by atoms with Gasteiger partial charge in [-0.05, 0) is 43.5 Å². The minimum absolute atomic E-state index is 0.374. The third-order valence-corrected chi connectivity index (χ3v) is 5.04. The van der Waals surface area contributed by atoms with E-state index in [0.29, 0.717) is 24.5 Å². The zero-order valence-corrected chi connectivity index (χ0v) is 12.6. The number of rotatable bonds is 8. The molecule has 0 bridgehead atoms. The number of hydrogen-bond acceptors (Lipinski definition) is 3.